The maximum Gasteiger partial charge on any atom is 0.222 e. The average molecular weight is 184 g/mol. The molecule has 3 nitrogen and oxygen atoms in total. The van der Waals surface area contributed by atoms with Gasteiger partial charge in [0.25, 0.3) is 0 Å². The minimum atomic E-state index is 0.209. The summed E-state index contributed by atoms with van der Waals surface area (Å²) < 4.78 is 0. The molecule has 1 fully saturated rings. The van der Waals surface area contributed by atoms with Gasteiger partial charge in [-0.25, -0.2) is 0 Å². The lowest BCUT2D eigenvalue weighted by molar-refractivity contribution is -0.131. The summed E-state index contributed by atoms with van der Waals surface area (Å²) in [6, 6.07) is 0.209. The van der Waals surface area contributed by atoms with Gasteiger partial charge in [-0.05, 0) is 12.3 Å². The Morgan fingerprint density at radius 1 is 1.69 bits per heavy atom. The zero-order chi connectivity index (χ0) is 9.84. The number of hydrogen-bond donors (Lipinski definition) is 1. The summed E-state index contributed by atoms with van der Waals surface area (Å²) in [5.74, 6) is 0.784. The molecule has 2 N–H and O–H groups in total. The second kappa shape index (κ2) is 4.61. The molecule has 1 amide bonds. The standard InChI is InChI=1S/C10H20N2O/c1-3-8(2)6-10(13)12-5-4-9(11)7-12/h8-9H,3-7,11H2,1-2H3/t8-,9-/m0/s1. The van der Waals surface area contributed by atoms with E-state index in [1.807, 2.05) is 4.90 Å². The van der Waals surface area contributed by atoms with E-state index in [0.29, 0.717) is 12.3 Å². The number of nitrogens with two attached hydrogens (primary N) is 1. The van der Waals surface area contributed by atoms with E-state index in [1.165, 1.54) is 0 Å². The van der Waals surface area contributed by atoms with Gasteiger partial charge in [0.05, 0.1) is 0 Å². The van der Waals surface area contributed by atoms with Crippen molar-refractivity contribution < 1.29 is 4.79 Å². The van der Waals surface area contributed by atoms with Crippen LogP contribution in [0, 0.1) is 5.92 Å². The number of amides is 1. The van der Waals surface area contributed by atoms with Crippen molar-refractivity contribution in [3.8, 4) is 0 Å². The quantitative estimate of drug-likeness (QED) is 0.710. The predicted octanol–water partition coefficient (Wildman–Crippen LogP) is 0.982. The van der Waals surface area contributed by atoms with Crippen LogP contribution in [0.1, 0.15) is 33.1 Å². The second-order valence-corrected chi connectivity index (χ2v) is 4.11. The molecule has 13 heavy (non-hydrogen) atoms. The van der Waals surface area contributed by atoms with E-state index in [0.717, 1.165) is 25.9 Å². The molecule has 2 atom stereocenters. The molecule has 1 saturated heterocycles. The molecule has 0 aliphatic carbocycles. The largest absolute Gasteiger partial charge is 0.341 e. The Labute approximate surface area is 80.3 Å². The first-order valence-electron chi connectivity index (χ1n) is 5.16. The number of likely N-dealkylation sites (tertiary alicyclic amines) is 1. The van der Waals surface area contributed by atoms with Crippen LogP contribution in [-0.4, -0.2) is 29.9 Å². The van der Waals surface area contributed by atoms with Crippen molar-refractivity contribution >= 4 is 5.91 Å². The summed E-state index contributed by atoms with van der Waals surface area (Å²) in [6.07, 6.45) is 2.72. The van der Waals surface area contributed by atoms with Crippen molar-refractivity contribution in [2.75, 3.05) is 13.1 Å². The molecule has 0 spiro atoms. The predicted molar refractivity (Wildman–Crippen MR) is 53.2 cm³/mol. The van der Waals surface area contributed by atoms with Crippen LogP contribution in [0.2, 0.25) is 0 Å². The lowest BCUT2D eigenvalue weighted by Gasteiger charge is -2.17. The normalized spacial score (nSPS) is 24.8. The van der Waals surface area contributed by atoms with Gasteiger partial charge in [0, 0.05) is 25.6 Å². The van der Waals surface area contributed by atoms with Crippen molar-refractivity contribution in [3.63, 3.8) is 0 Å². The van der Waals surface area contributed by atoms with Gasteiger partial charge in [-0.3, -0.25) is 4.79 Å². The van der Waals surface area contributed by atoms with E-state index < -0.39 is 0 Å². The second-order valence-electron chi connectivity index (χ2n) is 4.11. The number of rotatable bonds is 3. The number of hydrogen-bond acceptors (Lipinski definition) is 2. The van der Waals surface area contributed by atoms with Crippen molar-refractivity contribution in [2.24, 2.45) is 11.7 Å². The highest BCUT2D eigenvalue weighted by molar-refractivity contribution is 5.76. The van der Waals surface area contributed by atoms with Crippen molar-refractivity contribution in [3.05, 3.63) is 0 Å². The van der Waals surface area contributed by atoms with Gasteiger partial charge in [-0.15, -0.1) is 0 Å². The van der Waals surface area contributed by atoms with Gasteiger partial charge < -0.3 is 10.6 Å². The summed E-state index contributed by atoms with van der Waals surface area (Å²) in [6.45, 7) is 5.85. The van der Waals surface area contributed by atoms with Gasteiger partial charge in [0.2, 0.25) is 5.91 Å². The summed E-state index contributed by atoms with van der Waals surface area (Å²) in [7, 11) is 0. The van der Waals surface area contributed by atoms with Crippen LogP contribution in [0.4, 0.5) is 0 Å². The molecular weight excluding hydrogens is 164 g/mol. The average Bonchev–Trinajstić information content (AvgIpc) is 2.51. The van der Waals surface area contributed by atoms with Crippen LogP contribution in [0.25, 0.3) is 0 Å². The lowest BCUT2D eigenvalue weighted by Crippen LogP contribution is -2.32. The number of nitrogens with zero attached hydrogens (tertiary/aromatic N) is 1. The van der Waals surface area contributed by atoms with E-state index in [-0.39, 0.29) is 11.9 Å². The maximum absolute atomic E-state index is 11.6. The zero-order valence-corrected chi connectivity index (χ0v) is 8.62. The summed E-state index contributed by atoms with van der Waals surface area (Å²) in [5.41, 5.74) is 5.73. The first kappa shape index (κ1) is 10.5. The summed E-state index contributed by atoms with van der Waals surface area (Å²) in [5, 5.41) is 0. The fourth-order valence-corrected chi connectivity index (χ4v) is 1.59. The van der Waals surface area contributed by atoms with Gasteiger partial charge in [-0.2, -0.15) is 0 Å². The third kappa shape index (κ3) is 2.99. The first-order chi connectivity index (χ1) is 6.13. The molecule has 0 aromatic rings. The molecule has 1 rings (SSSR count). The van der Waals surface area contributed by atoms with Crippen molar-refractivity contribution in [2.45, 2.75) is 39.2 Å². The molecule has 1 aliphatic rings. The molecule has 1 aliphatic heterocycles. The van der Waals surface area contributed by atoms with Gasteiger partial charge >= 0.3 is 0 Å². The van der Waals surface area contributed by atoms with Gasteiger partial charge in [-0.1, -0.05) is 20.3 Å². The number of carbonyl (C=O) groups is 1. The monoisotopic (exact) mass is 184 g/mol. The molecule has 0 aromatic heterocycles. The van der Waals surface area contributed by atoms with E-state index in [1.54, 1.807) is 0 Å². The highest BCUT2D eigenvalue weighted by Crippen LogP contribution is 2.13. The van der Waals surface area contributed by atoms with Gasteiger partial charge in [0.1, 0.15) is 0 Å². The minimum Gasteiger partial charge on any atom is -0.341 e. The molecule has 0 aromatic carbocycles. The first-order valence-corrected chi connectivity index (χ1v) is 5.16. The zero-order valence-electron chi connectivity index (χ0n) is 8.62. The Bertz CT molecular complexity index is 182. The Morgan fingerprint density at radius 2 is 2.38 bits per heavy atom. The Morgan fingerprint density at radius 3 is 2.85 bits per heavy atom. The lowest BCUT2D eigenvalue weighted by atomic mass is 10.0. The molecule has 0 unspecified atom stereocenters. The van der Waals surface area contributed by atoms with Crippen LogP contribution in [0.15, 0.2) is 0 Å². The highest BCUT2D eigenvalue weighted by Gasteiger charge is 2.23. The fourth-order valence-electron chi connectivity index (χ4n) is 1.59. The SMILES string of the molecule is CC[C@H](C)CC(=O)N1CC[C@H](N)C1. The smallest absolute Gasteiger partial charge is 0.222 e. The van der Waals surface area contributed by atoms with Crippen molar-refractivity contribution in [1.82, 2.24) is 4.90 Å². The van der Waals surface area contributed by atoms with E-state index >= 15 is 0 Å². The Kier molecular flexibility index (Phi) is 3.72. The van der Waals surface area contributed by atoms with E-state index in [2.05, 4.69) is 13.8 Å². The topological polar surface area (TPSA) is 46.3 Å². The molecule has 1 heterocycles. The van der Waals surface area contributed by atoms with Crippen LogP contribution in [0.5, 0.6) is 0 Å². The molecule has 3 heteroatoms. The molecule has 0 bridgehead atoms. The van der Waals surface area contributed by atoms with Crippen LogP contribution in [-0.2, 0) is 4.79 Å². The minimum absolute atomic E-state index is 0.209. The van der Waals surface area contributed by atoms with Crippen molar-refractivity contribution in [1.29, 1.82) is 0 Å². The third-order valence-electron chi connectivity index (χ3n) is 2.80. The third-order valence-corrected chi connectivity index (χ3v) is 2.80. The van der Waals surface area contributed by atoms with Gasteiger partial charge in [0.15, 0.2) is 0 Å². The maximum atomic E-state index is 11.6. The van der Waals surface area contributed by atoms with Crippen LogP contribution < -0.4 is 5.73 Å². The summed E-state index contributed by atoms with van der Waals surface area (Å²) >= 11 is 0. The summed E-state index contributed by atoms with van der Waals surface area (Å²) in [4.78, 5) is 13.5. The van der Waals surface area contributed by atoms with E-state index in [9.17, 15) is 4.79 Å². The number of carbonyl (C=O) groups excluding carboxylic acids is 1. The molecule has 76 valence electrons. The fraction of sp³-hybridized carbons (Fsp3) is 0.900. The molecular formula is C10H20N2O. The Balaban J connectivity index is 2.31. The Hall–Kier alpha value is -0.570. The van der Waals surface area contributed by atoms with Crippen LogP contribution >= 0.6 is 0 Å². The molecule has 0 saturated carbocycles. The van der Waals surface area contributed by atoms with Crippen LogP contribution in [0.3, 0.4) is 0 Å². The van der Waals surface area contributed by atoms with E-state index in [4.69, 9.17) is 5.73 Å². The highest BCUT2D eigenvalue weighted by atomic mass is 16.2. The molecule has 0 radical (unpaired) electrons.